The third-order valence-electron chi connectivity index (χ3n) is 2.89. The lowest BCUT2D eigenvalue weighted by atomic mass is 10.1. The van der Waals surface area contributed by atoms with Crippen LogP contribution in [0.4, 0.5) is 24.7 Å². The Morgan fingerprint density at radius 3 is 2.67 bits per heavy atom. The fourth-order valence-corrected chi connectivity index (χ4v) is 2.03. The zero-order valence-corrected chi connectivity index (χ0v) is 11.9. The number of anilines is 2. The highest BCUT2D eigenvalue weighted by atomic mass is 35.5. The van der Waals surface area contributed by atoms with Crippen LogP contribution in [0.15, 0.2) is 42.6 Å². The molecule has 0 saturated carbocycles. The molecule has 112 valence electrons. The van der Waals surface area contributed by atoms with Gasteiger partial charge in [0.05, 0.1) is 5.56 Å². The van der Waals surface area contributed by atoms with Crippen LogP contribution in [0.25, 0.3) is 0 Å². The Hall–Kier alpha value is -1.75. The zero-order valence-electron chi connectivity index (χ0n) is 11.1. The van der Waals surface area contributed by atoms with Gasteiger partial charge >= 0.3 is 6.18 Å². The van der Waals surface area contributed by atoms with Gasteiger partial charge < -0.3 is 5.32 Å². The van der Waals surface area contributed by atoms with Gasteiger partial charge in [-0.3, -0.25) is 0 Å². The first-order chi connectivity index (χ1) is 9.99. The number of hydrogen-bond acceptors (Lipinski definition) is 2. The molecule has 2 aromatic rings. The molecule has 0 unspecified atom stereocenters. The second kappa shape index (κ2) is 6.80. The molecule has 0 aliphatic rings. The summed E-state index contributed by atoms with van der Waals surface area (Å²) in [5.41, 5.74) is 1.06. The summed E-state index contributed by atoms with van der Waals surface area (Å²) in [6.45, 7) is 0. The highest BCUT2D eigenvalue weighted by Gasteiger charge is 2.30. The van der Waals surface area contributed by atoms with E-state index in [2.05, 4.69) is 10.3 Å². The molecule has 0 atom stereocenters. The number of benzene rings is 1. The molecule has 0 saturated heterocycles. The lowest BCUT2D eigenvalue weighted by Gasteiger charge is -2.10. The molecule has 0 bridgehead atoms. The number of aromatic nitrogens is 1. The Labute approximate surface area is 126 Å². The average molecular weight is 315 g/mol. The van der Waals surface area contributed by atoms with E-state index in [1.165, 1.54) is 0 Å². The second-order valence-corrected chi connectivity index (χ2v) is 4.92. The highest BCUT2D eigenvalue weighted by molar-refractivity contribution is 6.17. The van der Waals surface area contributed by atoms with Crippen molar-refractivity contribution < 1.29 is 13.2 Å². The van der Waals surface area contributed by atoms with Crippen molar-refractivity contribution in [2.75, 3.05) is 11.2 Å². The maximum absolute atomic E-state index is 12.6. The normalized spacial score (nSPS) is 11.4. The van der Waals surface area contributed by atoms with Crippen molar-refractivity contribution in [1.29, 1.82) is 0 Å². The van der Waals surface area contributed by atoms with Gasteiger partial charge in [0.2, 0.25) is 0 Å². The minimum absolute atomic E-state index is 0.166. The molecule has 1 heterocycles. The molecule has 0 spiro atoms. The molecule has 1 aromatic heterocycles. The van der Waals surface area contributed by atoms with Gasteiger partial charge in [0.15, 0.2) is 0 Å². The van der Waals surface area contributed by atoms with Crippen LogP contribution in [0, 0.1) is 0 Å². The predicted molar refractivity (Wildman–Crippen MR) is 78.0 cm³/mol. The monoisotopic (exact) mass is 314 g/mol. The molecule has 2 rings (SSSR count). The van der Waals surface area contributed by atoms with Gasteiger partial charge in [-0.1, -0.05) is 12.1 Å². The van der Waals surface area contributed by atoms with Gasteiger partial charge in [-0.25, -0.2) is 4.98 Å². The van der Waals surface area contributed by atoms with Gasteiger partial charge in [0.25, 0.3) is 0 Å². The van der Waals surface area contributed by atoms with Gasteiger partial charge in [-0.2, -0.15) is 13.2 Å². The summed E-state index contributed by atoms with van der Waals surface area (Å²) < 4.78 is 37.9. The summed E-state index contributed by atoms with van der Waals surface area (Å²) >= 11 is 5.65. The van der Waals surface area contributed by atoms with Crippen LogP contribution >= 0.6 is 11.6 Å². The number of pyridine rings is 1. The van der Waals surface area contributed by atoms with Crippen LogP contribution in [-0.4, -0.2) is 10.9 Å². The number of nitrogens with one attached hydrogen (secondary N) is 1. The van der Waals surface area contributed by atoms with E-state index < -0.39 is 11.7 Å². The maximum Gasteiger partial charge on any atom is 0.416 e. The molecule has 0 amide bonds. The lowest BCUT2D eigenvalue weighted by Crippen LogP contribution is -2.06. The minimum Gasteiger partial charge on any atom is -0.340 e. The van der Waals surface area contributed by atoms with Crippen LogP contribution in [0.1, 0.15) is 17.5 Å². The fraction of sp³-hybridized carbons (Fsp3) is 0.267. The number of hydrogen-bond donors (Lipinski definition) is 1. The number of aryl methyl sites for hydroxylation is 1. The van der Waals surface area contributed by atoms with E-state index in [9.17, 15) is 13.2 Å². The van der Waals surface area contributed by atoms with Gasteiger partial charge in [0, 0.05) is 17.8 Å². The number of halogens is 4. The van der Waals surface area contributed by atoms with E-state index in [-0.39, 0.29) is 5.82 Å². The van der Waals surface area contributed by atoms with E-state index in [1.807, 2.05) is 18.2 Å². The number of rotatable bonds is 5. The van der Waals surface area contributed by atoms with Crippen LogP contribution in [-0.2, 0) is 12.6 Å². The van der Waals surface area contributed by atoms with Gasteiger partial charge in [-0.15, -0.1) is 11.6 Å². The van der Waals surface area contributed by atoms with Crippen molar-refractivity contribution in [3.05, 3.63) is 53.7 Å². The average Bonchev–Trinajstić information content (AvgIpc) is 2.45. The molecule has 6 heteroatoms. The lowest BCUT2D eigenvalue weighted by molar-refractivity contribution is -0.137. The Morgan fingerprint density at radius 2 is 1.95 bits per heavy atom. The van der Waals surface area contributed by atoms with Crippen LogP contribution in [0.5, 0.6) is 0 Å². The molecule has 0 radical (unpaired) electrons. The van der Waals surface area contributed by atoms with Crippen LogP contribution in [0.2, 0.25) is 0 Å². The largest absolute Gasteiger partial charge is 0.416 e. The zero-order chi connectivity index (χ0) is 15.3. The molecule has 1 aromatic carbocycles. The molecule has 1 N–H and O–H groups in total. The first-order valence-corrected chi connectivity index (χ1v) is 6.97. The Morgan fingerprint density at radius 1 is 1.14 bits per heavy atom. The van der Waals surface area contributed by atoms with E-state index in [0.29, 0.717) is 11.6 Å². The molecule has 2 nitrogen and oxygen atoms in total. The summed E-state index contributed by atoms with van der Waals surface area (Å²) in [4.78, 5) is 3.91. The molecular weight excluding hydrogens is 301 g/mol. The maximum atomic E-state index is 12.6. The Kier molecular flexibility index (Phi) is 5.07. The SMILES string of the molecule is FC(F)(F)c1ccnc(Nc2cccc(CCCCl)c2)c1. The van der Waals surface area contributed by atoms with Crippen LogP contribution < -0.4 is 5.32 Å². The Bertz CT molecular complexity index is 599. The third kappa shape index (κ3) is 4.63. The summed E-state index contributed by atoms with van der Waals surface area (Å²) in [7, 11) is 0. The van der Waals surface area contributed by atoms with Crippen molar-refractivity contribution in [3.63, 3.8) is 0 Å². The first-order valence-electron chi connectivity index (χ1n) is 6.44. The summed E-state index contributed by atoms with van der Waals surface area (Å²) in [6.07, 6.45) is -1.55. The molecule has 0 aliphatic carbocycles. The minimum atomic E-state index is -4.37. The molecule has 0 aliphatic heterocycles. The quantitative estimate of drug-likeness (QED) is 0.784. The van der Waals surface area contributed by atoms with Crippen molar-refractivity contribution >= 4 is 23.1 Å². The number of nitrogens with zero attached hydrogens (tertiary/aromatic N) is 1. The molecule has 0 fully saturated rings. The number of alkyl halides is 4. The Balaban J connectivity index is 2.14. The smallest absolute Gasteiger partial charge is 0.340 e. The second-order valence-electron chi connectivity index (χ2n) is 4.55. The van der Waals surface area contributed by atoms with Crippen molar-refractivity contribution in [2.24, 2.45) is 0 Å². The first kappa shape index (κ1) is 15.6. The topological polar surface area (TPSA) is 24.9 Å². The van der Waals surface area contributed by atoms with Crippen molar-refractivity contribution in [1.82, 2.24) is 4.98 Å². The van der Waals surface area contributed by atoms with Crippen LogP contribution in [0.3, 0.4) is 0 Å². The third-order valence-corrected chi connectivity index (χ3v) is 3.15. The molecular formula is C15H14ClF3N2. The van der Waals surface area contributed by atoms with Gasteiger partial charge in [-0.05, 0) is 42.7 Å². The van der Waals surface area contributed by atoms with Crippen molar-refractivity contribution in [3.8, 4) is 0 Å². The highest BCUT2D eigenvalue weighted by Crippen LogP contribution is 2.30. The summed E-state index contributed by atoms with van der Waals surface area (Å²) in [5.74, 6) is 0.742. The summed E-state index contributed by atoms with van der Waals surface area (Å²) in [6, 6.07) is 9.41. The fourth-order valence-electron chi connectivity index (χ4n) is 1.90. The standard InChI is InChI=1S/C15H14ClF3N2/c16-7-2-4-11-3-1-5-13(9-11)21-14-10-12(6-8-20-14)15(17,18)19/h1,3,5-6,8-10H,2,4,7H2,(H,20,21). The van der Waals surface area contributed by atoms with E-state index in [0.717, 1.165) is 36.7 Å². The molecule has 21 heavy (non-hydrogen) atoms. The predicted octanol–water partition coefficient (Wildman–Crippen LogP) is 5.02. The van der Waals surface area contributed by atoms with Gasteiger partial charge in [0.1, 0.15) is 5.82 Å². The van der Waals surface area contributed by atoms with Crippen molar-refractivity contribution in [2.45, 2.75) is 19.0 Å². The van der Waals surface area contributed by atoms with E-state index in [1.54, 1.807) is 6.07 Å². The van der Waals surface area contributed by atoms with E-state index >= 15 is 0 Å². The summed E-state index contributed by atoms with van der Waals surface area (Å²) in [5, 5.41) is 2.89. The van der Waals surface area contributed by atoms with E-state index in [4.69, 9.17) is 11.6 Å².